The van der Waals surface area contributed by atoms with Crippen LogP contribution in [0.5, 0.6) is 0 Å². The summed E-state index contributed by atoms with van der Waals surface area (Å²) in [7, 11) is 0. The van der Waals surface area contributed by atoms with Crippen molar-refractivity contribution in [3.63, 3.8) is 0 Å². The molecule has 0 aromatic carbocycles. The van der Waals surface area contributed by atoms with Gasteiger partial charge in [-0.15, -0.1) is 10.2 Å². The summed E-state index contributed by atoms with van der Waals surface area (Å²) in [5.74, 6) is 1.30. The zero-order chi connectivity index (χ0) is 12.4. The molecular formula is C12H12BrN3O2. The van der Waals surface area contributed by atoms with Gasteiger partial charge in [-0.3, -0.25) is 0 Å². The highest BCUT2D eigenvalue weighted by Crippen LogP contribution is 2.29. The van der Waals surface area contributed by atoms with Gasteiger partial charge < -0.3 is 9.15 Å². The van der Waals surface area contributed by atoms with Crippen LogP contribution in [0.3, 0.4) is 0 Å². The predicted octanol–water partition coefficient (Wildman–Crippen LogP) is 2.79. The van der Waals surface area contributed by atoms with E-state index >= 15 is 0 Å². The lowest BCUT2D eigenvalue weighted by Gasteiger charge is -2.18. The van der Waals surface area contributed by atoms with Crippen LogP contribution in [0.25, 0.3) is 11.6 Å². The van der Waals surface area contributed by atoms with Crippen LogP contribution < -0.4 is 0 Å². The van der Waals surface area contributed by atoms with Gasteiger partial charge in [-0.05, 0) is 40.9 Å². The maximum atomic E-state index is 5.70. The maximum Gasteiger partial charge on any atom is 0.267 e. The number of aromatic nitrogens is 3. The highest BCUT2D eigenvalue weighted by molar-refractivity contribution is 9.10. The normalized spacial score (nSPS) is 19.9. The van der Waals surface area contributed by atoms with Crippen molar-refractivity contribution < 1.29 is 9.15 Å². The molecule has 2 aromatic heterocycles. The van der Waals surface area contributed by atoms with Crippen LogP contribution in [0.15, 0.2) is 27.2 Å². The molecule has 1 aliphatic rings. The van der Waals surface area contributed by atoms with Crippen molar-refractivity contribution in [3.05, 3.63) is 28.7 Å². The number of halogens is 1. The van der Waals surface area contributed by atoms with E-state index in [1.54, 1.807) is 6.20 Å². The Bertz CT molecular complexity index is 538. The minimum atomic E-state index is 0.211. The molecule has 0 spiro atoms. The standard InChI is InChI=1S/C12H12BrN3O2/c13-9-4-1-5-14-10(9)12-16-15-11(18-12)8-3-2-6-17-7-8/h1,4-5,8H,2-3,6-7H2. The summed E-state index contributed by atoms with van der Waals surface area (Å²) in [6.45, 7) is 1.48. The first-order valence-corrected chi connectivity index (χ1v) is 6.66. The Morgan fingerprint density at radius 3 is 3.06 bits per heavy atom. The Morgan fingerprint density at radius 1 is 1.33 bits per heavy atom. The Balaban J connectivity index is 1.87. The van der Waals surface area contributed by atoms with Gasteiger partial charge in [-0.2, -0.15) is 0 Å². The minimum Gasteiger partial charge on any atom is -0.419 e. The molecule has 1 unspecified atom stereocenters. The van der Waals surface area contributed by atoms with Crippen molar-refractivity contribution in [2.75, 3.05) is 13.2 Å². The lowest BCUT2D eigenvalue weighted by molar-refractivity contribution is 0.0727. The average Bonchev–Trinajstić information content (AvgIpc) is 2.90. The molecule has 18 heavy (non-hydrogen) atoms. The van der Waals surface area contributed by atoms with E-state index in [1.807, 2.05) is 12.1 Å². The SMILES string of the molecule is Brc1cccnc1-c1nnc(C2CCCOC2)o1. The van der Waals surface area contributed by atoms with Gasteiger partial charge in [0, 0.05) is 17.3 Å². The molecule has 0 saturated carbocycles. The Hall–Kier alpha value is -1.27. The number of ether oxygens (including phenoxy) is 1. The molecule has 0 bridgehead atoms. The monoisotopic (exact) mass is 309 g/mol. The Kier molecular flexibility index (Phi) is 3.38. The molecule has 0 radical (unpaired) electrons. The number of nitrogens with zero attached hydrogens (tertiary/aromatic N) is 3. The van der Waals surface area contributed by atoms with Crippen molar-refractivity contribution in [1.82, 2.24) is 15.2 Å². The number of hydrogen-bond donors (Lipinski definition) is 0. The number of hydrogen-bond acceptors (Lipinski definition) is 5. The predicted molar refractivity (Wildman–Crippen MR) is 68.0 cm³/mol. The van der Waals surface area contributed by atoms with Crippen LogP contribution in [0.1, 0.15) is 24.7 Å². The molecule has 0 amide bonds. The van der Waals surface area contributed by atoms with E-state index in [9.17, 15) is 0 Å². The van der Waals surface area contributed by atoms with Crippen LogP contribution in [0, 0.1) is 0 Å². The third-order valence-corrected chi connectivity index (χ3v) is 3.55. The lowest BCUT2D eigenvalue weighted by atomic mass is 10.0. The third kappa shape index (κ3) is 2.30. The first kappa shape index (κ1) is 11.8. The lowest BCUT2D eigenvalue weighted by Crippen LogP contribution is -2.15. The first-order chi connectivity index (χ1) is 8.84. The van der Waals surface area contributed by atoms with Gasteiger partial charge in [0.2, 0.25) is 5.89 Å². The average molecular weight is 310 g/mol. The maximum absolute atomic E-state index is 5.70. The summed E-state index contributed by atoms with van der Waals surface area (Å²) < 4.78 is 12.0. The van der Waals surface area contributed by atoms with Gasteiger partial charge in [0.05, 0.1) is 12.5 Å². The van der Waals surface area contributed by atoms with Gasteiger partial charge in [0.15, 0.2) is 0 Å². The topological polar surface area (TPSA) is 61.0 Å². The molecule has 5 nitrogen and oxygen atoms in total. The molecule has 0 N–H and O–H groups in total. The number of pyridine rings is 1. The molecule has 3 rings (SSSR count). The van der Waals surface area contributed by atoms with E-state index in [-0.39, 0.29) is 5.92 Å². The zero-order valence-electron chi connectivity index (χ0n) is 9.67. The van der Waals surface area contributed by atoms with Crippen LogP contribution in [-0.4, -0.2) is 28.4 Å². The fourth-order valence-electron chi connectivity index (χ4n) is 1.97. The smallest absolute Gasteiger partial charge is 0.267 e. The molecule has 0 aliphatic carbocycles. The van der Waals surface area contributed by atoms with Crippen molar-refractivity contribution in [2.45, 2.75) is 18.8 Å². The second-order valence-corrected chi connectivity index (χ2v) is 5.05. The van der Waals surface area contributed by atoms with Gasteiger partial charge in [-0.1, -0.05) is 0 Å². The molecule has 1 aliphatic heterocycles. The molecule has 1 atom stereocenters. The molecule has 3 heterocycles. The van der Waals surface area contributed by atoms with Gasteiger partial charge in [0.1, 0.15) is 5.69 Å². The van der Waals surface area contributed by atoms with Crippen molar-refractivity contribution in [1.29, 1.82) is 0 Å². The highest BCUT2D eigenvalue weighted by Gasteiger charge is 2.23. The molecule has 6 heteroatoms. The van der Waals surface area contributed by atoms with E-state index in [0.717, 1.165) is 23.9 Å². The third-order valence-electron chi connectivity index (χ3n) is 2.91. The van der Waals surface area contributed by atoms with E-state index in [4.69, 9.17) is 9.15 Å². The molecule has 1 fully saturated rings. The van der Waals surface area contributed by atoms with Gasteiger partial charge in [0.25, 0.3) is 5.89 Å². The van der Waals surface area contributed by atoms with Gasteiger partial charge in [-0.25, -0.2) is 4.98 Å². The fraction of sp³-hybridized carbons (Fsp3) is 0.417. The van der Waals surface area contributed by atoms with Crippen LogP contribution in [-0.2, 0) is 4.74 Å². The first-order valence-electron chi connectivity index (χ1n) is 5.86. The second kappa shape index (κ2) is 5.16. The van der Waals surface area contributed by atoms with Crippen molar-refractivity contribution >= 4 is 15.9 Å². The summed E-state index contributed by atoms with van der Waals surface area (Å²) in [5.41, 5.74) is 0.674. The highest BCUT2D eigenvalue weighted by atomic mass is 79.9. The van der Waals surface area contributed by atoms with E-state index in [1.165, 1.54) is 0 Å². The Labute approximate surface area is 113 Å². The minimum absolute atomic E-state index is 0.211. The van der Waals surface area contributed by atoms with Crippen LogP contribution in [0.4, 0.5) is 0 Å². The quantitative estimate of drug-likeness (QED) is 0.853. The van der Waals surface area contributed by atoms with Crippen molar-refractivity contribution in [3.8, 4) is 11.6 Å². The van der Waals surface area contributed by atoms with Crippen LogP contribution in [0.2, 0.25) is 0 Å². The molecule has 94 valence electrons. The summed E-state index contributed by atoms with van der Waals surface area (Å²) in [4.78, 5) is 4.23. The summed E-state index contributed by atoms with van der Waals surface area (Å²) in [5, 5.41) is 8.16. The summed E-state index contributed by atoms with van der Waals surface area (Å²) in [6.07, 6.45) is 3.77. The van der Waals surface area contributed by atoms with Crippen molar-refractivity contribution in [2.24, 2.45) is 0 Å². The molecule has 2 aromatic rings. The summed E-state index contributed by atoms with van der Waals surface area (Å²) >= 11 is 3.42. The van der Waals surface area contributed by atoms with E-state index in [0.29, 0.717) is 24.1 Å². The van der Waals surface area contributed by atoms with E-state index < -0.39 is 0 Å². The number of rotatable bonds is 2. The second-order valence-electron chi connectivity index (χ2n) is 4.19. The largest absolute Gasteiger partial charge is 0.419 e. The molecule has 1 saturated heterocycles. The summed E-state index contributed by atoms with van der Waals surface area (Å²) in [6, 6.07) is 3.75. The Morgan fingerprint density at radius 2 is 2.28 bits per heavy atom. The fourth-order valence-corrected chi connectivity index (χ4v) is 2.40. The zero-order valence-corrected chi connectivity index (χ0v) is 11.3. The molecular weight excluding hydrogens is 298 g/mol. The van der Waals surface area contributed by atoms with Crippen LogP contribution >= 0.6 is 15.9 Å². The van der Waals surface area contributed by atoms with E-state index in [2.05, 4.69) is 31.1 Å². The van der Waals surface area contributed by atoms with Gasteiger partial charge >= 0.3 is 0 Å².